The fourth-order valence-electron chi connectivity index (χ4n) is 2.97. The average Bonchev–Trinajstić information content (AvgIpc) is 2.94. The predicted molar refractivity (Wildman–Crippen MR) is 70.9 cm³/mol. The zero-order valence-corrected chi connectivity index (χ0v) is 11.8. The average molecular weight is 297 g/mol. The Morgan fingerprint density at radius 2 is 2.25 bits per heavy atom. The van der Waals surface area contributed by atoms with Crippen molar-refractivity contribution in [2.45, 2.75) is 36.1 Å². The van der Waals surface area contributed by atoms with E-state index in [2.05, 4.69) is 0 Å². The first kappa shape index (κ1) is 13.5. The molecule has 4 atom stereocenters. The largest absolute Gasteiger partial charge is 0.480 e. The maximum Gasteiger partial charge on any atom is 0.327 e. The van der Waals surface area contributed by atoms with E-state index >= 15 is 0 Å². The van der Waals surface area contributed by atoms with Crippen LogP contribution in [0, 0.1) is 5.92 Å². The fourth-order valence-corrected chi connectivity index (χ4v) is 4.69. The summed E-state index contributed by atoms with van der Waals surface area (Å²) in [5, 5.41) is 19.2. The van der Waals surface area contributed by atoms with Gasteiger partial charge in [-0.2, -0.15) is 0 Å². The summed E-state index contributed by atoms with van der Waals surface area (Å²) in [6, 6.07) is 2.40. The number of nitrogens with zero attached hydrogens (tertiary/aromatic N) is 1. The van der Waals surface area contributed by atoms with Crippen molar-refractivity contribution in [3.05, 3.63) is 24.2 Å². The molecule has 7 heteroatoms. The van der Waals surface area contributed by atoms with Crippen LogP contribution in [0.2, 0.25) is 0 Å². The molecule has 2 aliphatic heterocycles. The summed E-state index contributed by atoms with van der Waals surface area (Å²) in [6.45, 7) is 3.61. The molecule has 2 aliphatic rings. The van der Waals surface area contributed by atoms with E-state index in [0.717, 1.165) is 0 Å². The van der Waals surface area contributed by atoms with Crippen LogP contribution >= 0.6 is 11.8 Å². The Morgan fingerprint density at radius 3 is 2.80 bits per heavy atom. The minimum atomic E-state index is -1.03. The molecule has 108 valence electrons. The Kier molecular flexibility index (Phi) is 2.88. The minimum absolute atomic E-state index is 0.321. The number of hydrogen-bond acceptors (Lipinski definition) is 5. The first-order valence-corrected chi connectivity index (χ1v) is 7.17. The summed E-state index contributed by atoms with van der Waals surface area (Å²) in [6.07, 6.45) is 0.403. The molecule has 0 saturated carbocycles. The predicted octanol–water partition coefficient (Wildman–Crippen LogP) is 1.08. The molecular weight excluding hydrogens is 282 g/mol. The number of carboxylic acid groups (broad SMARTS) is 1. The number of hydrogen-bond donors (Lipinski definition) is 2. The van der Waals surface area contributed by atoms with Crippen LogP contribution in [-0.4, -0.2) is 43.2 Å². The number of carbonyl (C=O) groups excluding carboxylic acids is 1. The van der Waals surface area contributed by atoms with Crippen LogP contribution in [-0.2, 0) is 9.59 Å². The number of thioether (sulfide) groups is 1. The summed E-state index contributed by atoms with van der Waals surface area (Å²) in [5.74, 6) is -1.65. The molecule has 2 fully saturated rings. The van der Waals surface area contributed by atoms with Gasteiger partial charge in [0.2, 0.25) is 5.91 Å². The van der Waals surface area contributed by atoms with Gasteiger partial charge < -0.3 is 19.5 Å². The third-order valence-electron chi connectivity index (χ3n) is 3.89. The quantitative estimate of drug-likeness (QED) is 0.811. The summed E-state index contributed by atoms with van der Waals surface area (Å²) >= 11 is 1.41. The van der Waals surface area contributed by atoms with Gasteiger partial charge in [-0.1, -0.05) is 0 Å². The van der Waals surface area contributed by atoms with E-state index in [1.807, 2.05) is 0 Å². The Hall–Kier alpha value is -1.47. The van der Waals surface area contributed by atoms with Crippen LogP contribution in [0.5, 0.6) is 0 Å². The number of carboxylic acids is 1. The van der Waals surface area contributed by atoms with Crippen LogP contribution in [0.15, 0.2) is 22.8 Å². The lowest BCUT2D eigenvalue weighted by Crippen LogP contribution is -2.63. The van der Waals surface area contributed by atoms with Gasteiger partial charge in [0, 0.05) is 4.75 Å². The molecule has 1 unspecified atom stereocenters. The zero-order chi connectivity index (χ0) is 14.7. The van der Waals surface area contributed by atoms with Crippen LogP contribution < -0.4 is 0 Å². The van der Waals surface area contributed by atoms with Crippen LogP contribution in [0.4, 0.5) is 0 Å². The minimum Gasteiger partial charge on any atom is -0.480 e. The first-order valence-electron chi connectivity index (χ1n) is 6.29. The molecule has 3 rings (SSSR count). The number of aliphatic hydroxyl groups is 1. The number of furan rings is 1. The first-order chi connectivity index (χ1) is 9.34. The van der Waals surface area contributed by atoms with Gasteiger partial charge in [-0.25, -0.2) is 4.79 Å². The number of carbonyl (C=O) groups is 2. The molecule has 6 nitrogen and oxygen atoms in total. The van der Waals surface area contributed by atoms with E-state index in [-0.39, 0.29) is 11.3 Å². The molecule has 0 spiro atoms. The molecule has 2 N–H and O–H groups in total. The number of rotatable bonds is 3. The number of aliphatic carboxylic acids is 1. The van der Waals surface area contributed by atoms with Crippen molar-refractivity contribution < 1.29 is 24.2 Å². The highest BCUT2D eigenvalue weighted by atomic mass is 32.2. The van der Waals surface area contributed by atoms with E-state index in [1.165, 1.54) is 22.9 Å². The summed E-state index contributed by atoms with van der Waals surface area (Å²) < 4.78 is 4.55. The van der Waals surface area contributed by atoms with E-state index in [1.54, 1.807) is 26.0 Å². The van der Waals surface area contributed by atoms with Crippen molar-refractivity contribution in [3.63, 3.8) is 0 Å². The lowest BCUT2D eigenvalue weighted by molar-refractivity contribution is -0.169. The highest BCUT2D eigenvalue weighted by Gasteiger charge is 2.65. The monoisotopic (exact) mass is 297 g/mol. The van der Waals surface area contributed by atoms with Gasteiger partial charge in [-0.15, -0.1) is 11.8 Å². The second-order valence-electron chi connectivity index (χ2n) is 5.58. The smallest absolute Gasteiger partial charge is 0.327 e. The van der Waals surface area contributed by atoms with Gasteiger partial charge in [-0.3, -0.25) is 4.79 Å². The zero-order valence-electron chi connectivity index (χ0n) is 11.0. The van der Waals surface area contributed by atoms with Crippen molar-refractivity contribution in [1.82, 2.24) is 4.90 Å². The molecule has 2 saturated heterocycles. The number of fused-ring (bicyclic) bond motifs is 1. The molecular formula is C13H15NO5S. The second kappa shape index (κ2) is 4.26. The molecule has 20 heavy (non-hydrogen) atoms. The maximum absolute atomic E-state index is 12.2. The Labute approximate surface area is 119 Å². The Morgan fingerprint density at radius 1 is 1.55 bits per heavy atom. The third-order valence-corrected chi connectivity index (χ3v) is 5.48. The summed E-state index contributed by atoms with van der Waals surface area (Å²) in [5.41, 5.74) is 0. The number of aliphatic hydroxyl groups excluding tert-OH is 1. The standard InChI is InChI=1S/C13H15NO5S/c1-13(2)9(12(17)18)14-10(16)7(11(14)20-13)8(15)6-4-3-5-19-6/h3-5,7-9,11,15H,1-2H3,(H,17,18)/t7-,8?,9+,11-/m1/s1. The van der Waals surface area contributed by atoms with Crippen molar-refractivity contribution in [3.8, 4) is 0 Å². The van der Waals surface area contributed by atoms with Gasteiger partial charge in [-0.05, 0) is 26.0 Å². The van der Waals surface area contributed by atoms with Crippen molar-refractivity contribution >= 4 is 23.6 Å². The highest BCUT2D eigenvalue weighted by Crippen LogP contribution is 2.55. The van der Waals surface area contributed by atoms with Gasteiger partial charge in [0.25, 0.3) is 0 Å². The molecule has 3 heterocycles. The van der Waals surface area contributed by atoms with Gasteiger partial charge in [0.1, 0.15) is 23.8 Å². The number of β-lactam (4-membered cyclic amide) rings is 1. The van der Waals surface area contributed by atoms with Crippen molar-refractivity contribution in [2.75, 3.05) is 0 Å². The van der Waals surface area contributed by atoms with Gasteiger partial charge >= 0.3 is 5.97 Å². The van der Waals surface area contributed by atoms with E-state index < -0.39 is 28.8 Å². The van der Waals surface area contributed by atoms with E-state index in [9.17, 15) is 19.8 Å². The van der Waals surface area contributed by atoms with Crippen LogP contribution in [0.25, 0.3) is 0 Å². The van der Waals surface area contributed by atoms with Crippen molar-refractivity contribution in [2.24, 2.45) is 5.92 Å². The molecule has 0 bridgehead atoms. The van der Waals surface area contributed by atoms with Crippen LogP contribution in [0.3, 0.4) is 0 Å². The lowest BCUT2D eigenvalue weighted by Gasteiger charge is -2.45. The highest BCUT2D eigenvalue weighted by molar-refractivity contribution is 8.01. The molecule has 0 aliphatic carbocycles. The van der Waals surface area contributed by atoms with Gasteiger partial charge in [0.05, 0.1) is 11.6 Å². The van der Waals surface area contributed by atoms with E-state index in [0.29, 0.717) is 5.76 Å². The third kappa shape index (κ3) is 1.69. The molecule has 1 aromatic heterocycles. The summed E-state index contributed by atoms with van der Waals surface area (Å²) in [4.78, 5) is 25.0. The molecule has 0 radical (unpaired) electrons. The lowest BCUT2D eigenvalue weighted by atomic mass is 9.87. The molecule has 0 aromatic carbocycles. The Balaban J connectivity index is 1.87. The topological polar surface area (TPSA) is 91.0 Å². The molecule has 1 amide bonds. The van der Waals surface area contributed by atoms with Gasteiger partial charge in [0.15, 0.2) is 0 Å². The summed E-state index contributed by atoms with van der Waals surface area (Å²) in [7, 11) is 0. The van der Waals surface area contributed by atoms with E-state index in [4.69, 9.17) is 4.42 Å². The maximum atomic E-state index is 12.2. The Bertz CT molecular complexity index is 555. The van der Waals surface area contributed by atoms with Crippen molar-refractivity contribution in [1.29, 1.82) is 0 Å². The SMILES string of the molecule is CC1(C)S[C@@H]2[C@H](C(O)c3ccco3)C(=O)N2[C@H]1C(=O)O. The normalized spacial score (nSPS) is 32.6. The number of amides is 1. The molecule has 1 aromatic rings. The second-order valence-corrected chi connectivity index (χ2v) is 7.36. The van der Waals surface area contributed by atoms with Crippen LogP contribution in [0.1, 0.15) is 25.7 Å². The fraction of sp³-hybridized carbons (Fsp3) is 0.538.